The van der Waals surface area contributed by atoms with Crippen molar-refractivity contribution in [2.75, 3.05) is 25.7 Å². The van der Waals surface area contributed by atoms with E-state index >= 15 is 0 Å². The van der Waals surface area contributed by atoms with E-state index in [0.717, 1.165) is 22.7 Å². The Morgan fingerprint density at radius 1 is 1.29 bits per heavy atom. The van der Waals surface area contributed by atoms with Gasteiger partial charge in [-0.05, 0) is 37.0 Å². The van der Waals surface area contributed by atoms with Crippen molar-refractivity contribution in [1.29, 1.82) is 0 Å². The van der Waals surface area contributed by atoms with Crippen molar-refractivity contribution in [3.05, 3.63) is 34.8 Å². The summed E-state index contributed by atoms with van der Waals surface area (Å²) in [4.78, 5) is 14.0. The van der Waals surface area contributed by atoms with Crippen molar-refractivity contribution < 1.29 is 17.9 Å². The average Bonchev–Trinajstić information content (AvgIpc) is 3.31. The van der Waals surface area contributed by atoms with Crippen LogP contribution in [0, 0.1) is 0 Å². The number of aromatic nitrogens is 2. The third-order valence-corrected chi connectivity index (χ3v) is 7.47. The molecular weight excluding hydrogens is 400 g/mol. The molecular formula is C18H24N4O4S2. The fourth-order valence-corrected chi connectivity index (χ4v) is 5.72. The van der Waals surface area contributed by atoms with Crippen molar-refractivity contribution in [3.8, 4) is 5.75 Å². The summed E-state index contributed by atoms with van der Waals surface area (Å²) in [6, 6.07) is 6.99. The molecule has 1 aliphatic carbocycles. The summed E-state index contributed by atoms with van der Waals surface area (Å²) >= 11 is 1.30. The lowest BCUT2D eigenvalue weighted by atomic mass is 10.1. The molecule has 1 saturated carbocycles. The lowest BCUT2D eigenvalue weighted by Gasteiger charge is -2.28. The van der Waals surface area contributed by atoms with Gasteiger partial charge in [0, 0.05) is 25.8 Å². The van der Waals surface area contributed by atoms with Crippen LogP contribution in [-0.4, -0.2) is 61.3 Å². The van der Waals surface area contributed by atoms with Gasteiger partial charge < -0.3 is 9.64 Å². The molecule has 10 heteroatoms. The first-order chi connectivity index (χ1) is 13.3. The van der Waals surface area contributed by atoms with Crippen LogP contribution in [0.15, 0.2) is 24.3 Å². The maximum atomic E-state index is 12.6. The van der Waals surface area contributed by atoms with Gasteiger partial charge in [-0.3, -0.25) is 5.32 Å². The number of amides is 2. The molecule has 0 saturated heterocycles. The fraction of sp³-hybridized carbons (Fsp3) is 0.500. The molecule has 2 aromatic rings. The van der Waals surface area contributed by atoms with Gasteiger partial charge in [0.25, 0.3) is 0 Å². The molecule has 1 fully saturated rings. The highest BCUT2D eigenvalue weighted by atomic mass is 32.2. The van der Waals surface area contributed by atoms with Crippen LogP contribution in [-0.2, 0) is 16.3 Å². The first kappa shape index (κ1) is 20.5. The quantitative estimate of drug-likeness (QED) is 0.765. The summed E-state index contributed by atoms with van der Waals surface area (Å²) in [6.07, 6.45) is 3.90. The third kappa shape index (κ3) is 4.79. The summed E-state index contributed by atoms with van der Waals surface area (Å²) < 4.78 is 29.1. The highest BCUT2D eigenvalue weighted by molar-refractivity contribution is 7.91. The molecule has 0 spiro atoms. The van der Waals surface area contributed by atoms with Gasteiger partial charge in [-0.25, -0.2) is 13.2 Å². The molecule has 1 heterocycles. The minimum absolute atomic E-state index is 0.318. The Balaban J connectivity index is 1.61. The fourth-order valence-electron chi connectivity index (χ4n) is 3.47. The van der Waals surface area contributed by atoms with Crippen LogP contribution >= 0.6 is 11.3 Å². The molecule has 8 nitrogen and oxygen atoms in total. The van der Waals surface area contributed by atoms with Gasteiger partial charge in [-0.1, -0.05) is 23.5 Å². The van der Waals surface area contributed by atoms with Crippen LogP contribution in [0.2, 0.25) is 0 Å². The minimum Gasteiger partial charge on any atom is -0.497 e. The molecule has 28 heavy (non-hydrogen) atoms. The number of hydrogen-bond acceptors (Lipinski definition) is 7. The summed E-state index contributed by atoms with van der Waals surface area (Å²) in [5, 5.41) is 11.6. The van der Waals surface area contributed by atoms with Crippen molar-refractivity contribution >= 4 is 32.3 Å². The molecule has 2 atom stereocenters. The van der Waals surface area contributed by atoms with E-state index in [1.165, 1.54) is 22.5 Å². The average molecular weight is 425 g/mol. The van der Waals surface area contributed by atoms with E-state index in [2.05, 4.69) is 15.5 Å². The van der Waals surface area contributed by atoms with E-state index in [1.54, 1.807) is 14.2 Å². The standard InChI is InChI=1S/C18H24N4O4S2/c1-22(14-5-4-6-15(14)28(3,24)25)18(23)19-17-21-20-16(27-17)11-12-7-9-13(26-2)10-8-12/h7-10,14-15H,4-6,11H2,1-3H3,(H,19,21,23). The van der Waals surface area contributed by atoms with Crippen molar-refractivity contribution in [3.63, 3.8) is 0 Å². The van der Waals surface area contributed by atoms with Gasteiger partial charge >= 0.3 is 6.03 Å². The number of urea groups is 1. The lowest BCUT2D eigenvalue weighted by molar-refractivity contribution is 0.205. The van der Waals surface area contributed by atoms with Crippen LogP contribution in [0.1, 0.15) is 29.8 Å². The van der Waals surface area contributed by atoms with Crippen molar-refractivity contribution in [2.45, 2.75) is 37.0 Å². The first-order valence-corrected chi connectivity index (χ1v) is 11.7. The first-order valence-electron chi connectivity index (χ1n) is 8.96. The summed E-state index contributed by atoms with van der Waals surface area (Å²) in [7, 11) is 0.0536. The Bertz CT molecular complexity index is 927. The van der Waals surface area contributed by atoms with Crippen LogP contribution in [0.3, 0.4) is 0 Å². The van der Waals surface area contributed by atoms with E-state index in [9.17, 15) is 13.2 Å². The maximum absolute atomic E-state index is 12.6. The number of rotatable bonds is 6. The predicted molar refractivity (Wildman–Crippen MR) is 109 cm³/mol. The Labute approximate surface area is 168 Å². The molecule has 3 rings (SSSR count). The van der Waals surface area contributed by atoms with Gasteiger partial charge in [0.05, 0.1) is 12.4 Å². The molecule has 1 aromatic carbocycles. The normalized spacial score (nSPS) is 19.4. The number of carbonyl (C=O) groups is 1. The number of carbonyl (C=O) groups excluding carboxylic acids is 1. The zero-order chi connectivity index (χ0) is 20.3. The Kier molecular flexibility index (Phi) is 6.19. The SMILES string of the molecule is COc1ccc(Cc2nnc(NC(=O)N(C)C3CCCC3S(C)(=O)=O)s2)cc1. The predicted octanol–water partition coefficient (Wildman–Crippen LogP) is 2.57. The molecule has 2 unspecified atom stereocenters. The second-order valence-corrected chi connectivity index (χ2v) is 10.3. The van der Waals surface area contributed by atoms with E-state index in [-0.39, 0.29) is 12.1 Å². The second kappa shape index (κ2) is 8.44. The summed E-state index contributed by atoms with van der Waals surface area (Å²) in [5.74, 6) is 0.788. The number of hydrogen-bond donors (Lipinski definition) is 1. The Morgan fingerprint density at radius 3 is 2.64 bits per heavy atom. The van der Waals surface area contributed by atoms with Gasteiger partial charge in [-0.2, -0.15) is 0 Å². The molecule has 0 aliphatic heterocycles. The highest BCUT2D eigenvalue weighted by Crippen LogP contribution is 2.29. The maximum Gasteiger partial charge on any atom is 0.323 e. The number of methoxy groups -OCH3 is 1. The van der Waals surface area contributed by atoms with Gasteiger partial charge in [0.2, 0.25) is 5.13 Å². The van der Waals surface area contributed by atoms with Crippen LogP contribution in [0.4, 0.5) is 9.93 Å². The Hall–Kier alpha value is -2.20. The molecule has 2 amide bonds. The Morgan fingerprint density at radius 2 is 2.00 bits per heavy atom. The van der Waals surface area contributed by atoms with Crippen LogP contribution < -0.4 is 10.1 Å². The topological polar surface area (TPSA) is 101 Å². The van der Waals surface area contributed by atoms with Crippen LogP contribution in [0.5, 0.6) is 5.75 Å². The zero-order valence-corrected chi connectivity index (χ0v) is 17.7. The zero-order valence-electron chi connectivity index (χ0n) is 16.1. The van der Waals surface area contributed by atoms with Crippen molar-refractivity contribution in [2.24, 2.45) is 0 Å². The van der Waals surface area contributed by atoms with E-state index in [1.807, 2.05) is 24.3 Å². The van der Waals surface area contributed by atoms with E-state index in [0.29, 0.717) is 24.4 Å². The number of benzene rings is 1. The number of sulfone groups is 1. The summed E-state index contributed by atoms with van der Waals surface area (Å²) in [5.41, 5.74) is 1.06. The highest BCUT2D eigenvalue weighted by Gasteiger charge is 2.39. The van der Waals surface area contributed by atoms with E-state index < -0.39 is 15.1 Å². The monoisotopic (exact) mass is 424 g/mol. The molecule has 1 N–H and O–H groups in total. The number of nitrogens with one attached hydrogen (secondary N) is 1. The van der Waals surface area contributed by atoms with Crippen molar-refractivity contribution in [1.82, 2.24) is 15.1 Å². The van der Waals surface area contributed by atoms with E-state index in [4.69, 9.17) is 4.74 Å². The van der Waals surface area contributed by atoms with Crippen LogP contribution in [0.25, 0.3) is 0 Å². The van der Waals surface area contributed by atoms with Gasteiger partial charge in [0.1, 0.15) is 10.8 Å². The van der Waals surface area contributed by atoms with Gasteiger partial charge in [0.15, 0.2) is 9.84 Å². The minimum atomic E-state index is -3.19. The molecule has 1 aliphatic rings. The lowest BCUT2D eigenvalue weighted by Crippen LogP contribution is -2.46. The second-order valence-electron chi connectivity index (χ2n) is 6.93. The number of anilines is 1. The third-order valence-electron chi connectivity index (χ3n) is 4.98. The molecule has 152 valence electrons. The molecule has 1 aromatic heterocycles. The summed E-state index contributed by atoms with van der Waals surface area (Å²) in [6.45, 7) is 0. The molecule has 0 radical (unpaired) electrons. The number of ether oxygens (including phenoxy) is 1. The smallest absolute Gasteiger partial charge is 0.323 e. The van der Waals surface area contributed by atoms with Gasteiger partial charge in [-0.15, -0.1) is 10.2 Å². The molecule has 0 bridgehead atoms. The number of nitrogens with zero attached hydrogens (tertiary/aromatic N) is 3. The largest absolute Gasteiger partial charge is 0.497 e.